The molecule has 2 amide bonds. The first-order valence-corrected chi connectivity index (χ1v) is 11.9. The Morgan fingerprint density at radius 2 is 2.06 bits per heavy atom. The van der Waals surface area contributed by atoms with Crippen molar-refractivity contribution in [1.82, 2.24) is 20.1 Å². The normalized spacial score (nSPS) is 14.6. The largest absolute Gasteiger partial charge is 0.338 e. The monoisotopic (exact) mass is 479 g/mol. The molecule has 0 atom stereocenters. The van der Waals surface area contributed by atoms with Crippen molar-refractivity contribution in [3.05, 3.63) is 55.7 Å². The number of nitrogens with zero attached hydrogens (tertiary/aromatic N) is 4. The molecule has 0 bridgehead atoms. The van der Waals surface area contributed by atoms with Gasteiger partial charge in [-0.15, -0.1) is 21.5 Å². The number of carbonyl (C=O) groups is 2. The van der Waals surface area contributed by atoms with Crippen LogP contribution in [-0.4, -0.2) is 45.0 Å². The highest BCUT2D eigenvalue weighted by atomic mass is 35.5. The summed E-state index contributed by atoms with van der Waals surface area (Å²) in [6, 6.07) is 4.22. The first kappa shape index (κ1) is 21.8. The number of rotatable bonds is 5. The number of nitrogens with one attached hydrogen (secondary N) is 1. The molecule has 0 saturated carbocycles. The Hall–Kier alpha value is -2.43. The molecule has 1 fully saturated rings. The van der Waals surface area contributed by atoms with Gasteiger partial charge in [-0.1, -0.05) is 35.9 Å². The van der Waals surface area contributed by atoms with E-state index >= 15 is 0 Å². The van der Waals surface area contributed by atoms with E-state index in [9.17, 15) is 14.0 Å². The highest BCUT2D eigenvalue weighted by Crippen LogP contribution is 2.32. The summed E-state index contributed by atoms with van der Waals surface area (Å²) in [7, 11) is 0. The zero-order chi connectivity index (χ0) is 22.0. The van der Waals surface area contributed by atoms with Crippen LogP contribution in [-0.2, 0) is 6.42 Å². The van der Waals surface area contributed by atoms with Crippen molar-refractivity contribution in [2.75, 3.05) is 18.4 Å². The van der Waals surface area contributed by atoms with Gasteiger partial charge in [-0.2, -0.15) is 0 Å². The molecule has 7 nitrogen and oxygen atoms in total. The lowest BCUT2D eigenvalue weighted by molar-refractivity contribution is 0.0708. The Morgan fingerprint density at radius 3 is 2.74 bits per heavy atom. The number of amides is 2. The molecule has 11 heteroatoms. The number of likely N-dealkylation sites (tertiary alicyclic amines) is 1. The van der Waals surface area contributed by atoms with E-state index in [1.54, 1.807) is 10.3 Å². The number of hydrogen-bond donors (Lipinski definition) is 1. The molecule has 4 rings (SSSR count). The van der Waals surface area contributed by atoms with E-state index < -0.39 is 11.7 Å². The second-order valence-corrected chi connectivity index (χ2v) is 9.40. The third kappa shape index (κ3) is 4.76. The highest BCUT2D eigenvalue weighted by Gasteiger charge is 2.29. The fourth-order valence-electron chi connectivity index (χ4n) is 3.38. The van der Waals surface area contributed by atoms with Crippen molar-refractivity contribution in [3.63, 3.8) is 0 Å². The first-order valence-electron chi connectivity index (χ1n) is 9.78. The lowest BCUT2D eigenvalue weighted by Crippen LogP contribution is -2.38. The van der Waals surface area contributed by atoms with Gasteiger partial charge in [-0.05, 0) is 31.4 Å². The molecular formula is C20H19ClFN5O2S2. The van der Waals surface area contributed by atoms with Gasteiger partial charge in [-0.25, -0.2) is 9.37 Å². The molecule has 1 aromatic carbocycles. The summed E-state index contributed by atoms with van der Waals surface area (Å²) >= 11 is 8.79. The Morgan fingerprint density at radius 1 is 1.29 bits per heavy atom. The van der Waals surface area contributed by atoms with E-state index in [4.69, 9.17) is 11.6 Å². The van der Waals surface area contributed by atoms with E-state index in [1.807, 2.05) is 6.92 Å². The second-order valence-electron chi connectivity index (χ2n) is 7.04. The van der Waals surface area contributed by atoms with Gasteiger partial charge < -0.3 is 4.90 Å². The number of benzene rings is 1. The number of hydrogen-bond acceptors (Lipinski definition) is 7. The average Bonchev–Trinajstić information content (AvgIpc) is 3.43. The van der Waals surface area contributed by atoms with Crippen LogP contribution >= 0.6 is 34.3 Å². The SMILES string of the molecule is CCc1nnc(NC(=O)c2csc(C3CCN(C(=O)c4c(F)cccc4Cl)CC3)n2)s1. The molecule has 1 aliphatic heterocycles. The maximum absolute atomic E-state index is 14.1. The van der Waals surface area contributed by atoms with Crippen LogP contribution in [0.4, 0.5) is 9.52 Å². The molecule has 0 unspecified atom stereocenters. The topological polar surface area (TPSA) is 88.1 Å². The van der Waals surface area contributed by atoms with Crippen molar-refractivity contribution in [2.24, 2.45) is 0 Å². The number of anilines is 1. The number of carbonyl (C=O) groups excluding carboxylic acids is 2. The molecule has 1 N–H and O–H groups in total. The molecule has 31 heavy (non-hydrogen) atoms. The summed E-state index contributed by atoms with van der Waals surface area (Å²) < 4.78 is 14.1. The molecule has 0 radical (unpaired) electrons. The highest BCUT2D eigenvalue weighted by molar-refractivity contribution is 7.15. The summed E-state index contributed by atoms with van der Waals surface area (Å²) in [5, 5.41) is 14.7. The Kier molecular flexibility index (Phi) is 6.59. The van der Waals surface area contributed by atoms with Gasteiger partial charge in [0.1, 0.15) is 16.5 Å². The number of halogens is 2. The Labute approximate surface area is 191 Å². The summed E-state index contributed by atoms with van der Waals surface area (Å²) in [6.45, 7) is 2.92. The average molecular weight is 480 g/mol. The number of aromatic nitrogens is 3. The molecule has 3 aromatic rings. The van der Waals surface area contributed by atoms with Crippen molar-refractivity contribution < 1.29 is 14.0 Å². The quantitative estimate of drug-likeness (QED) is 0.576. The minimum atomic E-state index is -0.614. The fraction of sp³-hybridized carbons (Fsp3) is 0.350. The van der Waals surface area contributed by atoms with Crippen molar-refractivity contribution in [3.8, 4) is 0 Å². The Bertz CT molecular complexity index is 1090. The van der Waals surface area contributed by atoms with E-state index in [0.29, 0.717) is 36.8 Å². The van der Waals surface area contributed by atoms with Gasteiger partial charge in [0.2, 0.25) is 5.13 Å². The lowest BCUT2D eigenvalue weighted by Gasteiger charge is -2.31. The third-order valence-electron chi connectivity index (χ3n) is 5.05. The molecule has 0 spiro atoms. The predicted molar refractivity (Wildman–Crippen MR) is 119 cm³/mol. The summed E-state index contributed by atoms with van der Waals surface area (Å²) in [5.41, 5.74) is 0.253. The number of piperidine rings is 1. The number of aryl methyl sites for hydroxylation is 1. The molecule has 3 heterocycles. The van der Waals surface area contributed by atoms with Crippen LogP contribution in [0, 0.1) is 5.82 Å². The molecule has 0 aliphatic carbocycles. The van der Waals surface area contributed by atoms with Crippen LogP contribution in [0.3, 0.4) is 0 Å². The van der Waals surface area contributed by atoms with Crippen LogP contribution < -0.4 is 5.32 Å². The van der Waals surface area contributed by atoms with E-state index in [2.05, 4.69) is 20.5 Å². The zero-order valence-electron chi connectivity index (χ0n) is 16.6. The third-order valence-corrected chi connectivity index (χ3v) is 7.36. The standard InChI is InChI=1S/C20H19ClFN5O2S2/c1-2-15-25-26-20(31-15)24-17(28)14-10-30-18(23-14)11-6-8-27(9-7-11)19(29)16-12(21)4-3-5-13(16)22/h3-5,10-11H,2,6-9H2,1H3,(H,24,26,28). The zero-order valence-corrected chi connectivity index (χ0v) is 19.0. The maximum atomic E-state index is 14.1. The molecule has 162 valence electrons. The Balaban J connectivity index is 1.37. The fourth-order valence-corrected chi connectivity index (χ4v) is 5.27. The maximum Gasteiger partial charge on any atom is 0.276 e. The molecule has 1 aliphatic rings. The number of thiazole rings is 1. The van der Waals surface area contributed by atoms with E-state index in [-0.39, 0.29) is 22.4 Å². The van der Waals surface area contributed by atoms with Gasteiger partial charge in [-0.3, -0.25) is 14.9 Å². The summed E-state index contributed by atoms with van der Waals surface area (Å²) in [4.78, 5) is 31.2. The minimum Gasteiger partial charge on any atom is -0.338 e. The van der Waals surface area contributed by atoms with Crippen molar-refractivity contribution in [2.45, 2.75) is 32.1 Å². The van der Waals surface area contributed by atoms with Crippen LogP contribution in [0.2, 0.25) is 5.02 Å². The second kappa shape index (κ2) is 9.37. The van der Waals surface area contributed by atoms with Crippen LogP contribution in [0.1, 0.15) is 56.5 Å². The lowest BCUT2D eigenvalue weighted by atomic mass is 9.97. The molecule has 1 saturated heterocycles. The summed E-state index contributed by atoms with van der Waals surface area (Å²) in [5.74, 6) is -1.19. The smallest absolute Gasteiger partial charge is 0.276 e. The summed E-state index contributed by atoms with van der Waals surface area (Å²) in [6.07, 6.45) is 2.13. The van der Waals surface area contributed by atoms with E-state index in [1.165, 1.54) is 40.9 Å². The minimum absolute atomic E-state index is 0.0845. The van der Waals surface area contributed by atoms with Crippen LogP contribution in [0.5, 0.6) is 0 Å². The van der Waals surface area contributed by atoms with Gasteiger partial charge in [0.05, 0.1) is 15.6 Å². The van der Waals surface area contributed by atoms with Crippen LogP contribution in [0.25, 0.3) is 0 Å². The molecular weight excluding hydrogens is 461 g/mol. The van der Waals surface area contributed by atoms with Gasteiger partial charge >= 0.3 is 0 Å². The predicted octanol–water partition coefficient (Wildman–Crippen LogP) is 4.62. The van der Waals surface area contributed by atoms with Gasteiger partial charge in [0.25, 0.3) is 11.8 Å². The van der Waals surface area contributed by atoms with Crippen molar-refractivity contribution >= 4 is 51.2 Å². The van der Waals surface area contributed by atoms with E-state index in [0.717, 1.165) is 16.4 Å². The first-order chi connectivity index (χ1) is 15.0. The molecule has 2 aromatic heterocycles. The van der Waals surface area contributed by atoms with Gasteiger partial charge in [0.15, 0.2) is 0 Å². The van der Waals surface area contributed by atoms with Crippen molar-refractivity contribution in [1.29, 1.82) is 0 Å². The van der Waals surface area contributed by atoms with Gasteiger partial charge in [0, 0.05) is 24.4 Å². The van der Waals surface area contributed by atoms with Crippen LogP contribution in [0.15, 0.2) is 23.6 Å².